The molecular weight excluding hydrogens is 261 g/mol. The molecule has 2 N–H and O–H groups in total. The quantitative estimate of drug-likeness (QED) is 0.798. The van der Waals surface area contributed by atoms with E-state index >= 15 is 0 Å². The fourth-order valence-corrected chi connectivity index (χ4v) is 2.36. The Morgan fingerprint density at radius 1 is 1.17 bits per heavy atom. The van der Waals surface area contributed by atoms with Crippen LogP contribution in [0.4, 0.5) is 18.9 Å². The van der Waals surface area contributed by atoms with E-state index in [4.69, 9.17) is 11.0 Å². The minimum atomic E-state index is -4.40. The van der Waals surface area contributed by atoms with Gasteiger partial charge in [-0.25, -0.2) is 0 Å². The molecule has 2 rings (SSSR count). The van der Waals surface area contributed by atoms with Gasteiger partial charge in [0.05, 0.1) is 5.56 Å². The molecule has 0 bridgehead atoms. The van der Waals surface area contributed by atoms with E-state index in [0.29, 0.717) is 15.3 Å². The molecule has 1 aromatic carbocycles. The molecule has 0 spiro atoms. The summed E-state index contributed by atoms with van der Waals surface area (Å²) in [5.74, 6) is 0. The number of hydrogen-bond donors (Lipinski definition) is 1. The molecule has 2 aromatic rings. The average Bonchev–Trinajstić information content (AvgIpc) is 2.76. The molecule has 2 nitrogen and oxygen atoms in total. The molecule has 0 aliphatic carbocycles. The van der Waals surface area contributed by atoms with Crippen molar-refractivity contribution in [2.24, 2.45) is 0 Å². The van der Waals surface area contributed by atoms with Crippen LogP contribution in [0.5, 0.6) is 0 Å². The smallest absolute Gasteiger partial charge is 0.398 e. The number of benzene rings is 1. The van der Waals surface area contributed by atoms with Gasteiger partial charge < -0.3 is 5.73 Å². The van der Waals surface area contributed by atoms with Crippen molar-refractivity contribution in [3.05, 3.63) is 40.8 Å². The van der Waals surface area contributed by atoms with Crippen molar-refractivity contribution in [1.29, 1.82) is 5.26 Å². The number of alkyl halides is 3. The molecule has 0 radical (unpaired) electrons. The van der Waals surface area contributed by atoms with Gasteiger partial charge in [-0.2, -0.15) is 18.4 Å². The van der Waals surface area contributed by atoms with Gasteiger partial charge in [0.1, 0.15) is 10.9 Å². The van der Waals surface area contributed by atoms with Gasteiger partial charge in [0.25, 0.3) is 0 Å². The first-order valence-electron chi connectivity index (χ1n) is 4.89. The Kier molecular flexibility index (Phi) is 3.01. The SMILES string of the molecule is N#Cc1ccc(-c2ccc(C(F)(F)F)cc2N)s1. The van der Waals surface area contributed by atoms with E-state index in [1.165, 1.54) is 17.4 Å². The van der Waals surface area contributed by atoms with Crippen molar-refractivity contribution in [2.75, 3.05) is 5.73 Å². The van der Waals surface area contributed by atoms with Crippen LogP contribution in [0.1, 0.15) is 10.4 Å². The lowest BCUT2D eigenvalue weighted by Gasteiger charge is -2.09. The maximum Gasteiger partial charge on any atom is 0.416 e. The third-order valence-electron chi connectivity index (χ3n) is 2.36. The topological polar surface area (TPSA) is 49.8 Å². The molecule has 0 atom stereocenters. The Morgan fingerprint density at radius 3 is 2.39 bits per heavy atom. The van der Waals surface area contributed by atoms with Crippen molar-refractivity contribution in [2.45, 2.75) is 6.18 Å². The Balaban J connectivity index is 2.45. The third kappa shape index (κ3) is 2.31. The zero-order valence-corrected chi connectivity index (χ0v) is 9.77. The Labute approximate surface area is 105 Å². The van der Waals surface area contributed by atoms with Gasteiger partial charge in [-0.1, -0.05) is 6.07 Å². The predicted molar refractivity (Wildman–Crippen MR) is 63.9 cm³/mol. The first-order chi connectivity index (χ1) is 8.41. The van der Waals surface area contributed by atoms with Crippen molar-refractivity contribution in [1.82, 2.24) is 0 Å². The molecule has 0 unspecified atom stereocenters. The third-order valence-corrected chi connectivity index (χ3v) is 3.38. The maximum absolute atomic E-state index is 12.5. The van der Waals surface area contributed by atoms with Crippen LogP contribution in [0.15, 0.2) is 30.3 Å². The number of anilines is 1. The summed E-state index contributed by atoms with van der Waals surface area (Å²) in [7, 11) is 0. The van der Waals surface area contributed by atoms with Crippen LogP contribution in [0.25, 0.3) is 10.4 Å². The monoisotopic (exact) mass is 268 g/mol. The number of hydrogen-bond acceptors (Lipinski definition) is 3. The second-order valence-corrected chi connectivity index (χ2v) is 4.66. The number of halogens is 3. The predicted octanol–water partition coefficient (Wildman–Crippen LogP) is 3.89. The molecule has 0 fully saturated rings. The summed E-state index contributed by atoms with van der Waals surface area (Å²) in [5, 5.41) is 8.70. The van der Waals surface area contributed by atoms with Gasteiger partial charge in [-0.15, -0.1) is 11.3 Å². The van der Waals surface area contributed by atoms with Gasteiger partial charge in [0.2, 0.25) is 0 Å². The second kappa shape index (κ2) is 4.35. The highest BCUT2D eigenvalue weighted by molar-refractivity contribution is 7.16. The van der Waals surface area contributed by atoms with Crippen LogP contribution in [0.3, 0.4) is 0 Å². The minimum absolute atomic E-state index is 0.0520. The van der Waals surface area contributed by atoms with E-state index < -0.39 is 11.7 Å². The fourth-order valence-electron chi connectivity index (χ4n) is 1.51. The minimum Gasteiger partial charge on any atom is -0.398 e. The first kappa shape index (κ1) is 12.5. The van der Waals surface area contributed by atoms with Gasteiger partial charge >= 0.3 is 6.18 Å². The average molecular weight is 268 g/mol. The Morgan fingerprint density at radius 2 is 1.89 bits per heavy atom. The van der Waals surface area contributed by atoms with Gasteiger partial charge in [0, 0.05) is 16.1 Å². The molecule has 1 heterocycles. The number of rotatable bonds is 1. The molecule has 0 amide bonds. The number of nitrogens with two attached hydrogens (primary N) is 1. The molecule has 6 heteroatoms. The molecule has 1 aromatic heterocycles. The number of nitrogens with zero attached hydrogens (tertiary/aromatic N) is 1. The highest BCUT2D eigenvalue weighted by atomic mass is 32.1. The van der Waals surface area contributed by atoms with E-state index in [9.17, 15) is 13.2 Å². The lowest BCUT2D eigenvalue weighted by Crippen LogP contribution is -2.05. The number of nitrogen functional groups attached to an aromatic ring is 1. The molecule has 0 aliphatic rings. The van der Waals surface area contributed by atoms with Crippen LogP contribution < -0.4 is 5.73 Å². The van der Waals surface area contributed by atoms with E-state index in [2.05, 4.69) is 0 Å². The highest BCUT2D eigenvalue weighted by Crippen LogP contribution is 2.36. The zero-order valence-electron chi connectivity index (χ0n) is 8.95. The van der Waals surface area contributed by atoms with Crippen LogP contribution >= 0.6 is 11.3 Å². The van der Waals surface area contributed by atoms with E-state index in [-0.39, 0.29) is 5.69 Å². The Hall–Kier alpha value is -2.00. The van der Waals surface area contributed by atoms with Crippen LogP contribution in [0.2, 0.25) is 0 Å². The van der Waals surface area contributed by atoms with Crippen molar-refractivity contribution in [3.63, 3.8) is 0 Å². The lowest BCUT2D eigenvalue weighted by atomic mass is 10.1. The largest absolute Gasteiger partial charge is 0.416 e. The Bertz CT molecular complexity index is 623. The van der Waals surface area contributed by atoms with Crippen molar-refractivity contribution in [3.8, 4) is 16.5 Å². The summed E-state index contributed by atoms with van der Waals surface area (Å²) < 4.78 is 37.4. The molecule has 0 aliphatic heterocycles. The van der Waals surface area contributed by atoms with Gasteiger partial charge in [-0.3, -0.25) is 0 Å². The molecule has 92 valence electrons. The molecule has 0 saturated heterocycles. The summed E-state index contributed by atoms with van der Waals surface area (Å²) in [4.78, 5) is 1.17. The van der Waals surface area contributed by atoms with Crippen molar-refractivity contribution >= 4 is 17.0 Å². The maximum atomic E-state index is 12.5. The lowest BCUT2D eigenvalue weighted by molar-refractivity contribution is -0.137. The highest BCUT2D eigenvalue weighted by Gasteiger charge is 2.30. The van der Waals surface area contributed by atoms with E-state index in [1.54, 1.807) is 12.1 Å². The normalized spacial score (nSPS) is 11.2. The summed E-state index contributed by atoms with van der Waals surface area (Å²) in [6, 6.07) is 8.46. The molecular formula is C12H7F3N2S. The summed E-state index contributed by atoms with van der Waals surface area (Å²) in [5.41, 5.74) is 5.41. The second-order valence-electron chi connectivity index (χ2n) is 3.58. The van der Waals surface area contributed by atoms with Crippen LogP contribution in [0, 0.1) is 11.3 Å². The van der Waals surface area contributed by atoms with Gasteiger partial charge in [0.15, 0.2) is 0 Å². The summed E-state index contributed by atoms with van der Waals surface area (Å²) in [6.07, 6.45) is -4.40. The van der Waals surface area contributed by atoms with Gasteiger partial charge in [-0.05, 0) is 24.3 Å². The summed E-state index contributed by atoms with van der Waals surface area (Å²) >= 11 is 1.19. The molecule has 18 heavy (non-hydrogen) atoms. The number of nitriles is 1. The zero-order chi connectivity index (χ0) is 13.3. The van der Waals surface area contributed by atoms with Crippen LogP contribution in [-0.4, -0.2) is 0 Å². The van der Waals surface area contributed by atoms with E-state index in [1.807, 2.05) is 6.07 Å². The number of thiophene rings is 1. The first-order valence-corrected chi connectivity index (χ1v) is 5.70. The summed E-state index contributed by atoms with van der Waals surface area (Å²) in [6.45, 7) is 0. The standard InChI is InChI=1S/C12H7F3N2S/c13-12(14,15)7-1-3-9(10(17)5-7)11-4-2-8(6-16)18-11/h1-5H,17H2. The van der Waals surface area contributed by atoms with E-state index in [0.717, 1.165) is 12.1 Å². The van der Waals surface area contributed by atoms with Crippen LogP contribution in [-0.2, 0) is 6.18 Å². The van der Waals surface area contributed by atoms with Crippen molar-refractivity contribution < 1.29 is 13.2 Å². The fraction of sp³-hybridized carbons (Fsp3) is 0.0833. The molecule has 0 saturated carbocycles.